The molecule has 0 spiro atoms. The molecule has 3 aromatic heterocycles. The van der Waals surface area contributed by atoms with Crippen molar-refractivity contribution in [3.05, 3.63) is 471 Å². The molecule has 0 atom stereocenters. The Labute approximate surface area is 784 Å². The summed E-state index contributed by atoms with van der Waals surface area (Å²) < 4.78 is 0. The molecule has 0 fully saturated rings. The van der Waals surface area contributed by atoms with E-state index in [-0.39, 0.29) is 16.2 Å². The zero-order chi connectivity index (χ0) is 90.4. The molecule has 0 radical (unpaired) electrons. The van der Waals surface area contributed by atoms with Gasteiger partial charge in [0.2, 0.25) is 0 Å². The van der Waals surface area contributed by atoms with Crippen LogP contribution in [0.5, 0.6) is 0 Å². The summed E-state index contributed by atoms with van der Waals surface area (Å²) in [5.41, 5.74) is 35.9. The van der Waals surface area contributed by atoms with Crippen LogP contribution < -0.4 is 0 Å². The van der Waals surface area contributed by atoms with Gasteiger partial charge in [-0.05, 0) is 297 Å². The van der Waals surface area contributed by atoms with Crippen LogP contribution in [0.4, 0.5) is 0 Å². The molecule has 0 unspecified atom stereocenters. The maximum atomic E-state index is 4.79. The molecule has 636 valence electrons. The Balaban J connectivity index is 0.000000108. The Hall–Kier alpha value is -16.8. The number of hydrogen-bond donors (Lipinski definition) is 0. The normalized spacial score (nSPS) is 13.3. The minimum Gasteiger partial charge on any atom is -0.261 e. The quantitative estimate of drug-likeness (QED) is 0.134. The lowest BCUT2D eigenvalue weighted by atomic mass is 9.80. The van der Waals surface area contributed by atoms with Gasteiger partial charge in [-0.15, -0.1) is 0 Å². The fraction of sp³-hybridized carbons (Fsp3) is 0.0698. The minimum absolute atomic E-state index is 0.0787. The van der Waals surface area contributed by atoms with Crippen LogP contribution in [0.1, 0.15) is 74.9 Å². The van der Waals surface area contributed by atoms with E-state index in [0.29, 0.717) is 0 Å². The standard InChI is InChI=1S/3C43H30N2/c1-43(2)38-15-8-7-12-32(38)33-20-19-31(26-39(33)43)40-34-13-5-6-14-35(34)41(42-44-22-9-23-45-42)36-21-18-30(25-37(36)40)29-17-16-27-10-3-4-11-28(27)24-29;1-43(2)38-14-8-7-11-32(38)33-19-18-31(25-39(33)43)41-34-12-5-6-13-35(34)42(40-26-44-21-22-45-40)36-20-17-30(24-37(36)41)29-16-15-27-9-3-4-10-28(27)23-29;1-43(2)38-14-8-7-11-32(38)33-19-18-31(25-39(33)43)41-34-12-5-6-13-35(34)42(40-21-22-44-26-45-40)36-20-17-30(24-37(36)41)29-16-15-27-9-3-4-10-28(27)23-29/h3*3-26H,1-2H3. The molecular weight excluding hydrogens is 1630 g/mol. The van der Waals surface area contributed by atoms with Gasteiger partial charge in [0, 0.05) is 63.9 Å². The van der Waals surface area contributed by atoms with E-state index in [1.165, 1.54) is 220 Å². The van der Waals surface area contributed by atoms with Crippen LogP contribution in [0.3, 0.4) is 0 Å². The Bertz CT molecular complexity index is 8190. The van der Waals surface area contributed by atoms with Gasteiger partial charge in [0.1, 0.15) is 6.33 Å². The molecule has 24 aromatic rings. The van der Waals surface area contributed by atoms with Gasteiger partial charge in [-0.1, -0.05) is 369 Å². The molecule has 135 heavy (non-hydrogen) atoms. The predicted octanol–water partition coefficient (Wildman–Crippen LogP) is 33.7. The summed E-state index contributed by atoms with van der Waals surface area (Å²) in [6.45, 7) is 14.1. The Morgan fingerprint density at radius 2 is 0.474 bits per heavy atom. The maximum Gasteiger partial charge on any atom is 0.160 e. The highest BCUT2D eigenvalue weighted by atomic mass is 14.9. The summed E-state index contributed by atoms with van der Waals surface area (Å²) in [7, 11) is 0. The second-order valence-corrected chi connectivity index (χ2v) is 37.9. The first kappa shape index (κ1) is 80.3. The largest absolute Gasteiger partial charge is 0.261 e. The third-order valence-electron chi connectivity index (χ3n) is 29.4. The molecule has 0 aliphatic heterocycles. The lowest BCUT2D eigenvalue weighted by Crippen LogP contribution is -2.14. The van der Waals surface area contributed by atoms with Gasteiger partial charge < -0.3 is 0 Å². The fourth-order valence-corrected chi connectivity index (χ4v) is 22.8. The van der Waals surface area contributed by atoms with Crippen LogP contribution in [0.2, 0.25) is 0 Å². The monoisotopic (exact) mass is 1720 g/mol. The molecule has 3 heterocycles. The zero-order valence-electron chi connectivity index (χ0n) is 75.8. The third kappa shape index (κ3) is 13.2. The van der Waals surface area contributed by atoms with E-state index < -0.39 is 0 Å². The second-order valence-electron chi connectivity index (χ2n) is 37.9. The lowest BCUT2D eigenvalue weighted by Gasteiger charge is -2.23. The average Bonchev–Trinajstić information content (AvgIpc) is 1.64. The van der Waals surface area contributed by atoms with Crippen LogP contribution in [-0.2, 0) is 16.2 Å². The number of rotatable bonds is 9. The number of nitrogens with zero attached hydrogens (tertiary/aromatic N) is 6. The Morgan fingerprint density at radius 1 is 0.170 bits per heavy atom. The molecule has 0 saturated heterocycles. The zero-order valence-corrected chi connectivity index (χ0v) is 75.8. The minimum atomic E-state index is -0.0817. The van der Waals surface area contributed by atoms with E-state index in [4.69, 9.17) is 19.9 Å². The molecule has 6 heteroatoms. The van der Waals surface area contributed by atoms with Crippen molar-refractivity contribution in [1.29, 1.82) is 0 Å². The van der Waals surface area contributed by atoms with Gasteiger partial charge in [0.25, 0.3) is 0 Å². The van der Waals surface area contributed by atoms with Crippen LogP contribution in [0.25, 0.3) is 231 Å². The first-order chi connectivity index (χ1) is 66.2. The third-order valence-corrected chi connectivity index (χ3v) is 29.4. The van der Waals surface area contributed by atoms with Crippen molar-refractivity contribution in [2.45, 2.75) is 57.8 Å². The van der Waals surface area contributed by atoms with Gasteiger partial charge >= 0.3 is 0 Å². The highest BCUT2D eigenvalue weighted by Crippen LogP contribution is 2.57. The molecule has 0 bridgehead atoms. The van der Waals surface area contributed by atoms with Crippen molar-refractivity contribution in [3.63, 3.8) is 0 Å². The van der Waals surface area contributed by atoms with Crippen molar-refractivity contribution in [3.8, 4) is 134 Å². The molecule has 0 N–H and O–H groups in total. The first-order valence-corrected chi connectivity index (χ1v) is 46.7. The molecule has 21 aromatic carbocycles. The lowest BCUT2D eigenvalue weighted by molar-refractivity contribution is 0.660. The molecular formula is C129H90N6. The summed E-state index contributed by atoms with van der Waals surface area (Å²) in [5.74, 6) is 0.745. The topological polar surface area (TPSA) is 77.3 Å². The van der Waals surface area contributed by atoms with Crippen molar-refractivity contribution in [1.82, 2.24) is 29.9 Å². The number of benzene rings is 21. The number of fused-ring (bicyclic) bond motifs is 18. The van der Waals surface area contributed by atoms with Gasteiger partial charge in [-0.3, -0.25) is 9.97 Å². The summed E-state index contributed by atoms with van der Waals surface area (Å²) in [6.07, 6.45) is 12.6. The summed E-state index contributed by atoms with van der Waals surface area (Å²) in [5, 5.41) is 21.8. The first-order valence-electron chi connectivity index (χ1n) is 46.7. The van der Waals surface area contributed by atoms with Crippen molar-refractivity contribution < 1.29 is 0 Å². The van der Waals surface area contributed by atoms with Gasteiger partial charge in [-0.25, -0.2) is 19.9 Å². The number of hydrogen-bond acceptors (Lipinski definition) is 6. The predicted molar refractivity (Wildman–Crippen MR) is 565 cm³/mol. The highest BCUT2D eigenvalue weighted by molar-refractivity contribution is 6.25. The molecule has 6 nitrogen and oxygen atoms in total. The van der Waals surface area contributed by atoms with Gasteiger partial charge in [-0.2, -0.15) is 0 Å². The molecule has 0 amide bonds. The van der Waals surface area contributed by atoms with E-state index in [1.54, 1.807) is 18.7 Å². The Kier molecular flexibility index (Phi) is 18.9. The van der Waals surface area contributed by atoms with Crippen molar-refractivity contribution in [2.75, 3.05) is 0 Å². The summed E-state index contributed by atoms with van der Waals surface area (Å²) in [6, 6.07) is 145. The highest BCUT2D eigenvalue weighted by Gasteiger charge is 2.39. The van der Waals surface area contributed by atoms with Crippen molar-refractivity contribution >= 4 is 97.0 Å². The van der Waals surface area contributed by atoms with Crippen LogP contribution in [-0.4, -0.2) is 29.9 Å². The molecule has 3 aliphatic rings. The summed E-state index contributed by atoms with van der Waals surface area (Å²) >= 11 is 0. The Morgan fingerprint density at radius 3 is 0.844 bits per heavy atom. The molecule has 0 saturated carbocycles. The molecule has 27 rings (SSSR count). The van der Waals surface area contributed by atoms with E-state index in [1.807, 2.05) is 36.9 Å². The van der Waals surface area contributed by atoms with E-state index in [9.17, 15) is 0 Å². The number of aromatic nitrogens is 6. The smallest absolute Gasteiger partial charge is 0.160 e. The van der Waals surface area contributed by atoms with E-state index >= 15 is 0 Å². The van der Waals surface area contributed by atoms with Crippen molar-refractivity contribution in [2.24, 2.45) is 0 Å². The van der Waals surface area contributed by atoms with Gasteiger partial charge in [0.15, 0.2) is 5.82 Å². The van der Waals surface area contributed by atoms with E-state index in [0.717, 1.165) is 44.7 Å². The summed E-state index contributed by atoms with van der Waals surface area (Å²) in [4.78, 5) is 27.7. The molecule has 3 aliphatic carbocycles. The average molecular weight is 1720 g/mol. The van der Waals surface area contributed by atoms with E-state index in [2.05, 4.69) is 434 Å². The van der Waals surface area contributed by atoms with Crippen LogP contribution in [0.15, 0.2) is 438 Å². The SMILES string of the molecule is CC1(C)c2ccccc2-c2ccc(-c3c4ccccc4c(-c4ccncn4)c4ccc(-c5ccc6ccccc6c5)cc34)cc21.CC1(C)c2ccccc2-c2ccc(-c3c4ccccc4c(-c4cnccn4)c4ccc(-c5ccc6ccccc6c5)cc34)cc21.CC1(C)c2ccccc2-c2ccc(-c3c4ccccc4c(-c4ncccn4)c4ccc(-c5ccc6ccccc6c5)cc34)cc21. The second kappa shape index (κ2) is 31.8. The van der Waals surface area contributed by atoms with Crippen LogP contribution in [0, 0.1) is 0 Å². The maximum absolute atomic E-state index is 4.79. The fourth-order valence-electron chi connectivity index (χ4n) is 22.8. The van der Waals surface area contributed by atoms with Gasteiger partial charge in [0.05, 0.1) is 17.6 Å². The van der Waals surface area contributed by atoms with Crippen LogP contribution >= 0.6 is 0 Å².